The second-order valence-corrected chi connectivity index (χ2v) is 5.74. The second-order valence-electron chi connectivity index (χ2n) is 4.71. The number of halogens is 1. The van der Waals surface area contributed by atoms with Crippen LogP contribution < -0.4 is 0 Å². The fourth-order valence-electron chi connectivity index (χ4n) is 1.93. The van der Waals surface area contributed by atoms with E-state index in [-0.39, 0.29) is 23.3 Å². The Labute approximate surface area is 121 Å². The number of carbonyl (C=O) groups is 1. The molecule has 1 amide bonds. The zero-order valence-corrected chi connectivity index (χ0v) is 12.2. The molecule has 1 aromatic heterocycles. The van der Waals surface area contributed by atoms with Crippen LogP contribution in [-0.4, -0.2) is 29.0 Å². The van der Waals surface area contributed by atoms with Crippen LogP contribution in [0.2, 0.25) is 0 Å². The maximum atomic E-state index is 12.9. The molecular weight excluding hydrogens is 277 g/mol. The molecule has 3 nitrogen and oxygen atoms in total. The van der Waals surface area contributed by atoms with E-state index in [0.29, 0.717) is 0 Å². The van der Waals surface area contributed by atoms with Gasteiger partial charge in [-0.15, -0.1) is 11.3 Å². The van der Waals surface area contributed by atoms with E-state index in [1.54, 1.807) is 23.3 Å². The molecule has 1 N–H and O–H groups in total. The largest absolute Gasteiger partial charge is 0.507 e. The third-order valence-electron chi connectivity index (χ3n) is 3.25. The van der Waals surface area contributed by atoms with Crippen molar-refractivity contribution in [1.29, 1.82) is 0 Å². The molecule has 0 saturated heterocycles. The highest BCUT2D eigenvalue weighted by atomic mass is 32.1. The van der Waals surface area contributed by atoms with Gasteiger partial charge in [-0.3, -0.25) is 4.79 Å². The van der Waals surface area contributed by atoms with Crippen LogP contribution in [0.4, 0.5) is 4.39 Å². The quantitative estimate of drug-likeness (QED) is 0.939. The van der Waals surface area contributed by atoms with Crippen LogP contribution in [0.15, 0.2) is 35.7 Å². The molecule has 0 radical (unpaired) electrons. The summed E-state index contributed by atoms with van der Waals surface area (Å²) in [5.74, 6) is -1.20. The summed E-state index contributed by atoms with van der Waals surface area (Å²) in [4.78, 5) is 15.1. The molecule has 0 bridgehead atoms. The predicted octanol–water partition coefficient (Wildman–Crippen LogP) is 3.30. The molecule has 1 atom stereocenters. The maximum absolute atomic E-state index is 12.9. The van der Waals surface area contributed by atoms with E-state index in [0.717, 1.165) is 12.5 Å². The molecule has 0 aliphatic carbocycles. The van der Waals surface area contributed by atoms with Crippen molar-refractivity contribution in [2.75, 3.05) is 7.05 Å². The van der Waals surface area contributed by atoms with Gasteiger partial charge in [0, 0.05) is 30.5 Å². The van der Waals surface area contributed by atoms with Crippen molar-refractivity contribution in [1.82, 2.24) is 4.90 Å². The monoisotopic (exact) mass is 293 g/mol. The van der Waals surface area contributed by atoms with E-state index >= 15 is 0 Å². The molecule has 0 spiro atoms. The predicted molar refractivity (Wildman–Crippen MR) is 77.6 cm³/mol. The van der Waals surface area contributed by atoms with Gasteiger partial charge in [-0.2, -0.15) is 0 Å². The first-order valence-corrected chi connectivity index (χ1v) is 7.15. The zero-order chi connectivity index (χ0) is 14.7. The average molecular weight is 293 g/mol. The highest BCUT2D eigenvalue weighted by molar-refractivity contribution is 7.09. The Hall–Kier alpha value is -1.88. The van der Waals surface area contributed by atoms with Crippen LogP contribution >= 0.6 is 11.3 Å². The van der Waals surface area contributed by atoms with Gasteiger partial charge in [-0.05, 0) is 30.5 Å². The minimum atomic E-state index is -0.562. The van der Waals surface area contributed by atoms with Gasteiger partial charge in [0.05, 0.1) is 5.56 Å². The summed E-state index contributed by atoms with van der Waals surface area (Å²) in [5.41, 5.74) is 0.118. The van der Waals surface area contributed by atoms with Crippen molar-refractivity contribution in [2.45, 2.75) is 19.4 Å². The molecule has 1 aromatic carbocycles. The van der Waals surface area contributed by atoms with E-state index in [9.17, 15) is 14.3 Å². The van der Waals surface area contributed by atoms with Crippen LogP contribution in [0.3, 0.4) is 0 Å². The number of hydrogen-bond donors (Lipinski definition) is 1. The number of phenolic OH excluding ortho intramolecular Hbond substituents is 1. The average Bonchev–Trinajstić information content (AvgIpc) is 2.90. The Morgan fingerprint density at radius 3 is 2.80 bits per heavy atom. The van der Waals surface area contributed by atoms with E-state index in [1.807, 2.05) is 24.4 Å². The van der Waals surface area contributed by atoms with Gasteiger partial charge in [0.25, 0.3) is 5.91 Å². The molecule has 20 heavy (non-hydrogen) atoms. The zero-order valence-electron chi connectivity index (χ0n) is 11.3. The summed E-state index contributed by atoms with van der Waals surface area (Å²) in [6, 6.07) is 7.41. The lowest BCUT2D eigenvalue weighted by Gasteiger charge is -2.25. The Balaban J connectivity index is 2.11. The van der Waals surface area contributed by atoms with E-state index < -0.39 is 5.82 Å². The van der Waals surface area contributed by atoms with Crippen molar-refractivity contribution >= 4 is 17.2 Å². The SMILES string of the molecule is CC(Cc1cccs1)N(C)C(=O)c1ccc(F)cc1O. The second kappa shape index (κ2) is 6.05. The minimum absolute atomic E-state index is 0.00870. The van der Waals surface area contributed by atoms with Crippen LogP contribution in [0.5, 0.6) is 5.75 Å². The third kappa shape index (κ3) is 3.17. The summed E-state index contributed by atoms with van der Waals surface area (Å²) >= 11 is 1.64. The van der Waals surface area contributed by atoms with Gasteiger partial charge in [0.15, 0.2) is 0 Å². The summed E-state index contributed by atoms with van der Waals surface area (Å²) < 4.78 is 12.9. The fraction of sp³-hybridized carbons (Fsp3) is 0.267. The topological polar surface area (TPSA) is 40.5 Å². The Kier molecular flexibility index (Phi) is 4.39. The molecule has 106 valence electrons. The lowest BCUT2D eigenvalue weighted by atomic mass is 10.1. The number of likely N-dealkylation sites (N-methyl/N-ethyl adjacent to an activating group) is 1. The number of phenols is 1. The number of rotatable bonds is 4. The standard InChI is InChI=1S/C15H16FNO2S/c1-10(8-12-4-3-7-20-12)17(2)15(19)13-6-5-11(16)9-14(13)18/h3-7,9-10,18H,8H2,1-2H3. The van der Waals surface area contributed by atoms with Crippen LogP contribution in [0, 0.1) is 5.82 Å². The van der Waals surface area contributed by atoms with E-state index in [1.165, 1.54) is 17.0 Å². The highest BCUT2D eigenvalue weighted by Gasteiger charge is 2.20. The van der Waals surface area contributed by atoms with Crippen LogP contribution in [0.1, 0.15) is 22.2 Å². The first-order chi connectivity index (χ1) is 9.49. The molecule has 2 aromatic rings. The molecular formula is C15H16FNO2S. The summed E-state index contributed by atoms with van der Waals surface area (Å²) in [6.45, 7) is 1.94. The Morgan fingerprint density at radius 1 is 1.45 bits per heavy atom. The highest BCUT2D eigenvalue weighted by Crippen LogP contribution is 2.21. The first kappa shape index (κ1) is 14.5. The lowest BCUT2D eigenvalue weighted by Crippen LogP contribution is -2.36. The number of aromatic hydroxyl groups is 1. The Morgan fingerprint density at radius 2 is 2.20 bits per heavy atom. The normalized spacial score (nSPS) is 12.2. The maximum Gasteiger partial charge on any atom is 0.257 e. The third-order valence-corrected chi connectivity index (χ3v) is 4.15. The van der Waals surface area contributed by atoms with Gasteiger partial charge in [-0.1, -0.05) is 6.07 Å². The van der Waals surface area contributed by atoms with E-state index in [2.05, 4.69) is 0 Å². The van der Waals surface area contributed by atoms with Gasteiger partial charge in [0.2, 0.25) is 0 Å². The number of carbonyl (C=O) groups excluding carboxylic acids is 1. The summed E-state index contributed by atoms with van der Waals surface area (Å²) in [6.07, 6.45) is 0.752. The number of thiophene rings is 1. The summed E-state index contributed by atoms with van der Waals surface area (Å²) in [7, 11) is 1.68. The van der Waals surface area contributed by atoms with Crippen molar-refractivity contribution in [3.63, 3.8) is 0 Å². The van der Waals surface area contributed by atoms with Crippen molar-refractivity contribution in [3.05, 3.63) is 52.0 Å². The van der Waals surface area contributed by atoms with Gasteiger partial charge in [0.1, 0.15) is 11.6 Å². The van der Waals surface area contributed by atoms with Crippen molar-refractivity contribution < 1.29 is 14.3 Å². The van der Waals surface area contributed by atoms with Crippen LogP contribution in [0.25, 0.3) is 0 Å². The molecule has 0 saturated carbocycles. The molecule has 1 unspecified atom stereocenters. The number of hydrogen-bond acceptors (Lipinski definition) is 3. The molecule has 5 heteroatoms. The summed E-state index contributed by atoms with van der Waals surface area (Å²) in [5, 5.41) is 11.7. The Bertz CT molecular complexity index is 598. The van der Waals surface area contributed by atoms with Crippen molar-refractivity contribution in [2.24, 2.45) is 0 Å². The molecule has 0 fully saturated rings. The first-order valence-electron chi connectivity index (χ1n) is 6.27. The molecule has 0 aliphatic rings. The minimum Gasteiger partial charge on any atom is -0.507 e. The van der Waals surface area contributed by atoms with Crippen molar-refractivity contribution in [3.8, 4) is 5.75 Å². The molecule has 0 aliphatic heterocycles. The lowest BCUT2D eigenvalue weighted by molar-refractivity contribution is 0.0741. The fourth-order valence-corrected chi connectivity index (χ4v) is 2.76. The van der Waals surface area contributed by atoms with Gasteiger partial charge < -0.3 is 10.0 Å². The number of amides is 1. The molecule has 1 heterocycles. The smallest absolute Gasteiger partial charge is 0.257 e. The number of nitrogens with zero attached hydrogens (tertiary/aromatic N) is 1. The van der Waals surface area contributed by atoms with E-state index in [4.69, 9.17) is 0 Å². The van der Waals surface area contributed by atoms with Gasteiger partial charge in [-0.25, -0.2) is 4.39 Å². The number of benzene rings is 1. The molecule has 2 rings (SSSR count). The van der Waals surface area contributed by atoms with Crippen LogP contribution in [-0.2, 0) is 6.42 Å². The van der Waals surface area contributed by atoms with Gasteiger partial charge >= 0.3 is 0 Å².